The minimum Gasteiger partial charge on any atom is -0.311 e. The van der Waals surface area contributed by atoms with Crippen LogP contribution >= 0.6 is 0 Å². The zero-order valence-electron chi connectivity index (χ0n) is 56.1. The molecule has 15 aromatic carbocycles. The second-order valence-electron chi connectivity index (χ2n) is 28.4. The number of hydrogen-bond donors (Lipinski definition) is 0. The Hall–Kier alpha value is -12.8. The summed E-state index contributed by atoms with van der Waals surface area (Å²) in [4.78, 5) is 5.30. The van der Waals surface area contributed by atoms with Crippen LogP contribution in [-0.2, 0) is 5.41 Å². The van der Waals surface area contributed by atoms with Gasteiger partial charge in [-0.1, -0.05) is 239 Å². The molecule has 0 amide bonds. The quantitative estimate of drug-likeness (QED) is 0.142. The van der Waals surface area contributed by atoms with Gasteiger partial charge in [-0.05, 0) is 160 Å². The fourth-order valence-corrected chi connectivity index (χ4v) is 17.5. The van der Waals surface area contributed by atoms with Gasteiger partial charge in [-0.25, -0.2) is 0 Å². The second kappa shape index (κ2) is 21.8. The molecule has 7 heteroatoms. The molecule has 0 saturated carbocycles. The van der Waals surface area contributed by atoms with Gasteiger partial charge in [0.25, 0.3) is 6.71 Å². The van der Waals surface area contributed by atoms with Crippen LogP contribution in [0.5, 0.6) is 0 Å². The second-order valence-corrected chi connectivity index (χ2v) is 28.4. The lowest BCUT2D eigenvalue weighted by Gasteiger charge is -2.46. The summed E-state index contributed by atoms with van der Waals surface area (Å²) in [5, 5.41) is 9.89. The molecule has 6 heterocycles. The number of para-hydroxylation sites is 10. The van der Waals surface area contributed by atoms with Gasteiger partial charge in [0.1, 0.15) is 0 Å². The van der Waals surface area contributed by atoms with Crippen LogP contribution in [0.3, 0.4) is 0 Å². The fourth-order valence-electron chi connectivity index (χ4n) is 17.5. The van der Waals surface area contributed by atoms with Gasteiger partial charge >= 0.3 is 0 Å². The topological polar surface area (TPSA) is 26.2 Å². The van der Waals surface area contributed by atoms with Gasteiger partial charge < -0.3 is 28.1 Å². The maximum atomic E-state index is 2.65. The lowest BCUT2D eigenvalue weighted by atomic mass is 9.33. The highest BCUT2D eigenvalue weighted by Gasteiger charge is 2.45. The van der Waals surface area contributed by atoms with E-state index in [4.69, 9.17) is 0 Å². The summed E-state index contributed by atoms with van der Waals surface area (Å²) >= 11 is 0. The van der Waals surface area contributed by atoms with E-state index in [1.165, 1.54) is 109 Å². The van der Waals surface area contributed by atoms with Crippen molar-refractivity contribution in [3.05, 3.63) is 345 Å². The molecule has 2 aliphatic heterocycles. The standard InChI is InChI=1S/C94H65BN6/c1-94(2,3)62-56-91-93-92(57-62)101(80-41-15-5-31-68(80)61-27-25-29-64(55-61)97-83-44-18-8-34-71(83)72-35-9-19-45-84(72)97)90-59-66(99-87-48-22-12-38-75(87)76-39-13-23-49-88(76)99)51-53-78(90)95(93)77-52-50-65(98-85-46-20-10-36-73(85)74-37-11-21-47-86(74)98)58-89(77)100(91)79-40-14-4-30-67(79)60-26-24-28-63(54-60)96-81-42-16-6-32-69(81)70-33-7-17-43-82(70)96/h4-59H,1-3H3. The Morgan fingerprint density at radius 2 is 0.505 bits per heavy atom. The van der Waals surface area contributed by atoms with E-state index in [0.717, 1.165) is 79.1 Å². The lowest BCUT2D eigenvalue weighted by Crippen LogP contribution is -2.61. The third kappa shape index (κ3) is 8.47. The van der Waals surface area contributed by atoms with Crippen LogP contribution in [0.15, 0.2) is 340 Å². The van der Waals surface area contributed by atoms with Crippen LogP contribution in [0, 0.1) is 0 Å². The van der Waals surface area contributed by atoms with E-state index < -0.39 is 0 Å². The van der Waals surface area contributed by atoms with Crippen molar-refractivity contribution in [3.63, 3.8) is 0 Å². The molecule has 6 nitrogen and oxygen atoms in total. The van der Waals surface area contributed by atoms with Crippen LogP contribution in [0.4, 0.5) is 34.1 Å². The number of nitrogens with zero attached hydrogens (tertiary/aromatic N) is 6. The third-order valence-corrected chi connectivity index (χ3v) is 21.9. The summed E-state index contributed by atoms with van der Waals surface area (Å²) in [5.74, 6) is 0. The molecule has 21 rings (SSSR count). The third-order valence-electron chi connectivity index (χ3n) is 21.9. The van der Waals surface area contributed by atoms with Gasteiger partial charge in [0.05, 0.1) is 55.5 Å². The van der Waals surface area contributed by atoms with Crippen molar-refractivity contribution in [2.75, 3.05) is 9.80 Å². The van der Waals surface area contributed by atoms with Gasteiger partial charge in [-0.15, -0.1) is 0 Å². The fraction of sp³-hybridized carbons (Fsp3) is 0.0426. The summed E-state index contributed by atoms with van der Waals surface area (Å²) in [7, 11) is 0. The molecule has 0 radical (unpaired) electrons. The molecule has 0 fully saturated rings. The van der Waals surface area contributed by atoms with Gasteiger partial charge in [0, 0.05) is 99.7 Å². The van der Waals surface area contributed by atoms with E-state index in [1.54, 1.807) is 0 Å². The molecule has 0 aliphatic carbocycles. The summed E-state index contributed by atoms with van der Waals surface area (Å²) in [6, 6.07) is 127. The van der Waals surface area contributed by atoms with E-state index in [9.17, 15) is 0 Å². The Morgan fingerprint density at radius 3 is 0.812 bits per heavy atom. The minimum absolute atomic E-state index is 0.192. The molecule has 474 valence electrons. The molecule has 101 heavy (non-hydrogen) atoms. The Bertz CT molecular complexity index is 6080. The van der Waals surface area contributed by atoms with Crippen molar-refractivity contribution in [2.24, 2.45) is 0 Å². The first-order valence-electron chi connectivity index (χ1n) is 35.2. The SMILES string of the molecule is CC(C)(C)c1cc2c3c(c1)N(c1ccccc1-c1cccc(-n4c5ccccc5c5ccccc54)c1)c1cc(-n4c5ccccc5c5ccccc54)ccc1B3c1ccc(-n3c4ccccc4c4ccccc43)cc1N2c1ccccc1-c1cccc(-n2c3ccccc3c3ccccc32)c1. The predicted molar refractivity (Wildman–Crippen MR) is 427 cm³/mol. The normalized spacial score (nSPS) is 12.8. The van der Waals surface area contributed by atoms with Crippen LogP contribution in [0.25, 0.3) is 132 Å². The molecule has 2 aliphatic rings. The Balaban J connectivity index is 0.850. The molecule has 0 bridgehead atoms. The van der Waals surface area contributed by atoms with Gasteiger partial charge in [0.2, 0.25) is 0 Å². The Kier molecular flexibility index (Phi) is 12.4. The molecular weight excluding hydrogens is 1220 g/mol. The first kappa shape index (κ1) is 57.3. The molecule has 0 atom stereocenters. The number of aromatic nitrogens is 4. The molecule has 19 aromatic rings. The van der Waals surface area contributed by atoms with Crippen molar-refractivity contribution in [1.29, 1.82) is 0 Å². The number of benzene rings is 15. The van der Waals surface area contributed by atoms with Gasteiger partial charge in [0.15, 0.2) is 0 Å². The maximum Gasteiger partial charge on any atom is 0.252 e. The van der Waals surface area contributed by atoms with Crippen molar-refractivity contribution in [2.45, 2.75) is 26.2 Å². The lowest BCUT2D eigenvalue weighted by molar-refractivity contribution is 0.590. The van der Waals surface area contributed by atoms with Gasteiger partial charge in [-0.3, -0.25) is 0 Å². The first-order chi connectivity index (χ1) is 49.8. The highest BCUT2D eigenvalue weighted by atomic mass is 15.2. The molecule has 0 N–H and O–H groups in total. The van der Waals surface area contributed by atoms with Crippen molar-refractivity contribution in [3.8, 4) is 45.0 Å². The van der Waals surface area contributed by atoms with Crippen LogP contribution in [0.2, 0.25) is 0 Å². The average Bonchev–Trinajstić information content (AvgIpc) is 1.54. The zero-order valence-corrected chi connectivity index (χ0v) is 56.1. The monoisotopic (exact) mass is 1290 g/mol. The molecular formula is C94H65BN6. The Morgan fingerprint density at radius 1 is 0.228 bits per heavy atom. The number of fused-ring (bicyclic) bond motifs is 16. The molecule has 0 saturated heterocycles. The predicted octanol–water partition coefficient (Wildman–Crippen LogP) is 22.8. The molecule has 0 unspecified atom stereocenters. The van der Waals surface area contributed by atoms with E-state index >= 15 is 0 Å². The van der Waals surface area contributed by atoms with Crippen LogP contribution in [-0.4, -0.2) is 25.0 Å². The number of rotatable bonds is 8. The van der Waals surface area contributed by atoms with Crippen LogP contribution < -0.4 is 26.2 Å². The van der Waals surface area contributed by atoms with Crippen LogP contribution in [0.1, 0.15) is 26.3 Å². The molecule has 0 spiro atoms. The van der Waals surface area contributed by atoms with E-state index in [1.807, 2.05) is 0 Å². The molecule has 4 aromatic heterocycles. The Labute approximate surface area is 585 Å². The summed E-state index contributed by atoms with van der Waals surface area (Å²) in [6.07, 6.45) is 0. The number of anilines is 6. The first-order valence-corrected chi connectivity index (χ1v) is 35.2. The highest BCUT2D eigenvalue weighted by Crippen LogP contribution is 2.52. The average molecular weight is 1290 g/mol. The summed E-state index contributed by atoms with van der Waals surface area (Å²) < 4.78 is 9.85. The van der Waals surface area contributed by atoms with E-state index in [0.29, 0.717) is 0 Å². The minimum atomic E-state index is -0.291. The van der Waals surface area contributed by atoms with Crippen molar-refractivity contribution in [1.82, 2.24) is 18.3 Å². The largest absolute Gasteiger partial charge is 0.311 e. The highest BCUT2D eigenvalue weighted by molar-refractivity contribution is 7.00. The number of hydrogen-bond acceptors (Lipinski definition) is 2. The van der Waals surface area contributed by atoms with E-state index in [-0.39, 0.29) is 12.1 Å². The summed E-state index contributed by atoms with van der Waals surface area (Å²) in [6.45, 7) is 6.95. The van der Waals surface area contributed by atoms with Gasteiger partial charge in [-0.2, -0.15) is 0 Å². The maximum absolute atomic E-state index is 2.65. The van der Waals surface area contributed by atoms with E-state index in [2.05, 4.69) is 389 Å². The van der Waals surface area contributed by atoms with Crippen molar-refractivity contribution < 1.29 is 0 Å². The smallest absolute Gasteiger partial charge is 0.252 e. The zero-order chi connectivity index (χ0) is 66.8. The van der Waals surface area contributed by atoms with Crippen molar-refractivity contribution >= 4 is 144 Å². The summed E-state index contributed by atoms with van der Waals surface area (Å²) in [5.41, 5.74) is 29.8.